The third-order valence-corrected chi connectivity index (χ3v) is 4.80. The van der Waals surface area contributed by atoms with Crippen LogP contribution in [0.5, 0.6) is 0 Å². The molecule has 0 radical (unpaired) electrons. The Balaban J connectivity index is 1.71. The Morgan fingerprint density at radius 3 is 2.42 bits per heavy atom. The van der Waals surface area contributed by atoms with Gasteiger partial charge >= 0.3 is 0 Å². The molecule has 1 aromatic carbocycles. The second-order valence-electron chi connectivity index (χ2n) is 6.26. The van der Waals surface area contributed by atoms with E-state index in [0.29, 0.717) is 6.04 Å². The summed E-state index contributed by atoms with van der Waals surface area (Å²) in [5.74, 6) is 1.76. The highest BCUT2D eigenvalue weighted by atomic mass is 14.6. The van der Waals surface area contributed by atoms with Crippen molar-refractivity contribution in [2.75, 3.05) is 0 Å². The van der Waals surface area contributed by atoms with Gasteiger partial charge in [0.15, 0.2) is 0 Å². The maximum Gasteiger partial charge on any atom is 0.00703 e. The topological polar surface area (TPSA) is 26.0 Å². The highest BCUT2D eigenvalue weighted by molar-refractivity contribution is 5.14. The van der Waals surface area contributed by atoms with Gasteiger partial charge in [0.1, 0.15) is 0 Å². The fraction of sp³-hybridized carbons (Fsp3) is 0.667. The minimum absolute atomic E-state index is 0.405. The number of rotatable bonds is 6. The van der Waals surface area contributed by atoms with Gasteiger partial charge in [0.2, 0.25) is 0 Å². The maximum absolute atomic E-state index is 6.42. The van der Waals surface area contributed by atoms with Gasteiger partial charge in [-0.25, -0.2) is 0 Å². The van der Waals surface area contributed by atoms with Gasteiger partial charge in [0.05, 0.1) is 0 Å². The van der Waals surface area contributed by atoms with Crippen LogP contribution in [0.4, 0.5) is 0 Å². The normalized spacial score (nSPS) is 25.2. The Morgan fingerprint density at radius 2 is 1.79 bits per heavy atom. The zero-order valence-corrected chi connectivity index (χ0v) is 12.4. The van der Waals surface area contributed by atoms with Crippen LogP contribution < -0.4 is 5.73 Å². The molecule has 0 heterocycles. The average molecular weight is 259 g/mol. The summed E-state index contributed by atoms with van der Waals surface area (Å²) in [5, 5.41) is 0. The molecule has 2 rings (SSSR count). The highest BCUT2D eigenvalue weighted by Crippen LogP contribution is 2.33. The molecule has 2 N–H and O–H groups in total. The van der Waals surface area contributed by atoms with Crippen LogP contribution in [-0.4, -0.2) is 6.04 Å². The van der Waals surface area contributed by atoms with E-state index in [2.05, 4.69) is 37.3 Å². The van der Waals surface area contributed by atoms with E-state index in [4.69, 9.17) is 5.73 Å². The third kappa shape index (κ3) is 4.65. The monoisotopic (exact) mass is 259 g/mol. The predicted octanol–water partition coefficient (Wildman–Crippen LogP) is 4.55. The van der Waals surface area contributed by atoms with Crippen LogP contribution in [0.25, 0.3) is 0 Å². The molecule has 106 valence electrons. The van der Waals surface area contributed by atoms with Gasteiger partial charge in [-0.15, -0.1) is 0 Å². The third-order valence-electron chi connectivity index (χ3n) is 4.80. The van der Waals surface area contributed by atoms with Crippen LogP contribution in [0.15, 0.2) is 30.3 Å². The second-order valence-corrected chi connectivity index (χ2v) is 6.26. The number of hydrogen-bond acceptors (Lipinski definition) is 1. The predicted molar refractivity (Wildman–Crippen MR) is 83.1 cm³/mol. The fourth-order valence-corrected chi connectivity index (χ4v) is 3.53. The molecule has 1 saturated carbocycles. The van der Waals surface area contributed by atoms with Gasteiger partial charge in [0, 0.05) is 6.04 Å². The largest absolute Gasteiger partial charge is 0.327 e. The number of nitrogens with two attached hydrogens (primary N) is 1. The molecule has 0 aliphatic heterocycles. The number of benzene rings is 1. The van der Waals surface area contributed by atoms with E-state index in [1.165, 1.54) is 44.1 Å². The lowest BCUT2D eigenvalue weighted by atomic mass is 9.76. The summed E-state index contributed by atoms with van der Waals surface area (Å²) in [6, 6.07) is 11.2. The highest BCUT2D eigenvalue weighted by Gasteiger charge is 2.24. The van der Waals surface area contributed by atoms with Crippen molar-refractivity contribution in [1.29, 1.82) is 0 Å². The smallest absolute Gasteiger partial charge is 0.00703 e. The Labute approximate surface area is 118 Å². The van der Waals surface area contributed by atoms with Crippen LogP contribution in [0, 0.1) is 11.8 Å². The lowest BCUT2D eigenvalue weighted by molar-refractivity contribution is 0.228. The molecular formula is C18H29N. The molecule has 1 unspecified atom stereocenters. The molecule has 1 fully saturated rings. The van der Waals surface area contributed by atoms with E-state index >= 15 is 0 Å². The van der Waals surface area contributed by atoms with E-state index < -0.39 is 0 Å². The van der Waals surface area contributed by atoms with E-state index in [1.54, 1.807) is 0 Å². The molecule has 1 atom stereocenters. The quantitative estimate of drug-likeness (QED) is 0.796. The summed E-state index contributed by atoms with van der Waals surface area (Å²) in [7, 11) is 0. The summed E-state index contributed by atoms with van der Waals surface area (Å²) in [5.41, 5.74) is 7.84. The van der Waals surface area contributed by atoms with Crippen LogP contribution >= 0.6 is 0 Å². The zero-order valence-electron chi connectivity index (χ0n) is 12.4. The van der Waals surface area contributed by atoms with Crippen molar-refractivity contribution < 1.29 is 0 Å². The molecule has 1 nitrogen and oxygen atoms in total. The SMILES string of the molecule is CCCC1CCC(C(N)CCc2ccccc2)CC1. The first-order valence-corrected chi connectivity index (χ1v) is 8.09. The van der Waals surface area contributed by atoms with Crippen molar-refractivity contribution in [1.82, 2.24) is 0 Å². The summed E-state index contributed by atoms with van der Waals surface area (Å²) in [6.07, 6.45) is 10.6. The summed E-state index contributed by atoms with van der Waals surface area (Å²) in [6.45, 7) is 2.30. The zero-order chi connectivity index (χ0) is 13.5. The summed E-state index contributed by atoms with van der Waals surface area (Å²) in [4.78, 5) is 0. The molecule has 1 heteroatoms. The standard InChI is InChI=1S/C18H29N/c1-2-6-15-9-12-17(13-10-15)18(19)14-11-16-7-4-3-5-8-16/h3-5,7-8,15,17-18H,2,6,9-14,19H2,1H3. The minimum Gasteiger partial charge on any atom is -0.327 e. The molecule has 0 saturated heterocycles. The van der Waals surface area contributed by atoms with Gasteiger partial charge in [-0.2, -0.15) is 0 Å². The van der Waals surface area contributed by atoms with Gasteiger partial charge in [-0.05, 0) is 43.1 Å². The van der Waals surface area contributed by atoms with Gasteiger partial charge in [0.25, 0.3) is 0 Å². The van der Waals surface area contributed by atoms with Gasteiger partial charge in [-0.1, -0.05) is 62.9 Å². The molecule has 19 heavy (non-hydrogen) atoms. The Morgan fingerprint density at radius 1 is 1.11 bits per heavy atom. The van der Waals surface area contributed by atoms with Crippen molar-refractivity contribution in [3.8, 4) is 0 Å². The number of aryl methyl sites for hydroxylation is 1. The van der Waals surface area contributed by atoms with Crippen LogP contribution in [0.3, 0.4) is 0 Å². The second kappa shape index (κ2) is 7.69. The maximum atomic E-state index is 6.42. The lowest BCUT2D eigenvalue weighted by Crippen LogP contribution is -2.33. The van der Waals surface area contributed by atoms with Crippen molar-refractivity contribution >= 4 is 0 Å². The Hall–Kier alpha value is -0.820. The van der Waals surface area contributed by atoms with Gasteiger partial charge < -0.3 is 5.73 Å². The molecule has 0 spiro atoms. The van der Waals surface area contributed by atoms with Gasteiger partial charge in [-0.3, -0.25) is 0 Å². The lowest BCUT2D eigenvalue weighted by Gasteiger charge is -2.32. The minimum atomic E-state index is 0.405. The molecule has 1 aromatic rings. The first-order chi connectivity index (χ1) is 9.29. The fourth-order valence-electron chi connectivity index (χ4n) is 3.53. The average Bonchev–Trinajstić information content (AvgIpc) is 2.47. The molecule has 0 bridgehead atoms. The molecule has 1 aliphatic rings. The van der Waals surface area contributed by atoms with Crippen molar-refractivity contribution in [2.24, 2.45) is 17.6 Å². The summed E-state index contributed by atoms with van der Waals surface area (Å²) < 4.78 is 0. The van der Waals surface area contributed by atoms with Crippen molar-refractivity contribution in [2.45, 2.75) is 64.3 Å². The first kappa shape index (κ1) is 14.6. The number of hydrogen-bond donors (Lipinski definition) is 1. The van der Waals surface area contributed by atoms with E-state index in [-0.39, 0.29) is 0 Å². The molecule has 0 amide bonds. The Kier molecular flexibility index (Phi) is 5.91. The van der Waals surface area contributed by atoms with Crippen molar-refractivity contribution in [3.63, 3.8) is 0 Å². The van der Waals surface area contributed by atoms with E-state index in [1.807, 2.05) is 0 Å². The molecular weight excluding hydrogens is 230 g/mol. The Bertz CT molecular complexity index is 338. The van der Waals surface area contributed by atoms with Crippen LogP contribution in [0.1, 0.15) is 57.4 Å². The van der Waals surface area contributed by atoms with E-state index in [0.717, 1.165) is 24.7 Å². The van der Waals surface area contributed by atoms with E-state index in [9.17, 15) is 0 Å². The first-order valence-electron chi connectivity index (χ1n) is 8.09. The summed E-state index contributed by atoms with van der Waals surface area (Å²) >= 11 is 0. The molecule has 0 aromatic heterocycles. The van der Waals surface area contributed by atoms with Crippen LogP contribution in [0.2, 0.25) is 0 Å². The van der Waals surface area contributed by atoms with Crippen LogP contribution in [-0.2, 0) is 6.42 Å². The molecule has 1 aliphatic carbocycles. The van der Waals surface area contributed by atoms with Crippen molar-refractivity contribution in [3.05, 3.63) is 35.9 Å².